The molecule has 442 valence electrons. The van der Waals surface area contributed by atoms with Gasteiger partial charge in [-0.1, -0.05) is 298 Å². The Bertz CT molecular complexity index is 1510. The molecule has 1 unspecified atom stereocenters. The third-order valence-electron chi connectivity index (χ3n) is 14.1. The van der Waals surface area contributed by atoms with Crippen LogP contribution in [0.5, 0.6) is 0 Å². The minimum absolute atomic E-state index is 0.0820. The zero-order valence-corrected chi connectivity index (χ0v) is 50.7. The van der Waals surface area contributed by atoms with Gasteiger partial charge in [-0.05, 0) is 96.3 Å². The maximum absolute atomic E-state index is 12.9. The summed E-state index contributed by atoms with van der Waals surface area (Å²) in [7, 11) is 0. The van der Waals surface area contributed by atoms with Crippen molar-refractivity contribution in [2.75, 3.05) is 13.2 Å². The summed E-state index contributed by atoms with van der Waals surface area (Å²) in [6.45, 7) is 6.43. The molecule has 0 amide bonds. The van der Waals surface area contributed by atoms with Crippen LogP contribution in [-0.4, -0.2) is 37.2 Å². The summed E-state index contributed by atoms with van der Waals surface area (Å²) in [5, 5.41) is 0. The molecule has 0 fully saturated rings. The third-order valence-corrected chi connectivity index (χ3v) is 14.1. The first-order valence-corrected chi connectivity index (χ1v) is 32.7. The van der Waals surface area contributed by atoms with Crippen LogP contribution in [0.1, 0.15) is 316 Å². The second kappa shape index (κ2) is 64.9. The molecule has 0 aromatic carbocycles. The number of carbonyl (C=O) groups is 3. The first kappa shape index (κ1) is 73.3. The van der Waals surface area contributed by atoms with E-state index in [-0.39, 0.29) is 31.1 Å². The van der Waals surface area contributed by atoms with E-state index < -0.39 is 6.10 Å². The van der Waals surface area contributed by atoms with Gasteiger partial charge in [-0.15, -0.1) is 0 Å². The summed E-state index contributed by atoms with van der Waals surface area (Å²) in [5.74, 6) is -0.888. The van der Waals surface area contributed by atoms with Gasteiger partial charge < -0.3 is 14.2 Å². The number of hydrogen-bond acceptors (Lipinski definition) is 6. The molecule has 6 heteroatoms. The zero-order valence-electron chi connectivity index (χ0n) is 50.7. The van der Waals surface area contributed by atoms with Gasteiger partial charge in [0.15, 0.2) is 6.10 Å². The van der Waals surface area contributed by atoms with Crippen molar-refractivity contribution in [2.45, 2.75) is 322 Å². The van der Waals surface area contributed by atoms with Crippen molar-refractivity contribution >= 4 is 17.9 Å². The highest BCUT2D eigenvalue weighted by Crippen LogP contribution is 2.17. The van der Waals surface area contributed by atoms with E-state index in [9.17, 15) is 14.4 Å². The van der Waals surface area contributed by atoms with Crippen LogP contribution in [0.15, 0.2) is 97.2 Å². The molecule has 0 radical (unpaired) electrons. The maximum Gasteiger partial charge on any atom is 0.306 e. The van der Waals surface area contributed by atoms with E-state index in [2.05, 4.69) is 118 Å². The number of allylic oxidation sites excluding steroid dienone is 16. The van der Waals surface area contributed by atoms with Gasteiger partial charge in [0.25, 0.3) is 0 Å². The highest BCUT2D eigenvalue weighted by molar-refractivity contribution is 5.71. The SMILES string of the molecule is CC/C=C\C/C=C\C/C=C\C/C=C\C/C=C\CCCCCCCCCCCCCC(=O)OCC(COC(=O)CCCCCCC/C=C\C/C=C\C/C=C\CC)OC(=O)CCCCCCCCCCCCCCCCCCC. The number of rotatable bonds is 59. The number of ether oxygens (including phenoxy) is 3. The van der Waals surface area contributed by atoms with Gasteiger partial charge >= 0.3 is 17.9 Å². The quantitative estimate of drug-likeness (QED) is 0.0261. The van der Waals surface area contributed by atoms with Crippen LogP contribution in [-0.2, 0) is 28.6 Å². The van der Waals surface area contributed by atoms with Crippen LogP contribution in [0.4, 0.5) is 0 Å². The molecule has 0 bridgehead atoms. The Kier molecular flexibility index (Phi) is 61.8. The second-order valence-corrected chi connectivity index (χ2v) is 21.6. The van der Waals surface area contributed by atoms with Gasteiger partial charge in [0.2, 0.25) is 0 Å². The fraction of sp³-hybridized carbons (Fsp3) is 0.732. The van der Waals surface area contributed by atoms with Crippen molar-refractivity contribution in [1.29, 1.82) is 0 Å². The molecule has 0 rings (SSSR count). The van der Waals surface area contributed by atoms with Crippen molar-refractivity contribution in [2.24, 2.45) is 0 Å². The Balaban J connectivity index is 4.31. The fourth-order valence-electron chi connectivity index (χ4n) is 9.25. The molecule has 6 nitrogen and oxygen atoms in total. The van der Waals surface area contributed by atoms with Crippen LogP contribution >= 0.6 is 0 Å². The topological polar surface area (TPSA) is 78.9 Å². The summed E-state index contributed by atoms with van der Waals surface area (Å²) >= 11 is 0. The Morgan fingerprint density at radius 1 is 0.273 bits per heavy atom. The van der Waals surface area contributed by atoms with Gasteiger partial charge in [-0.3, -0.25) is 14.4 Å². The molecule has 0 aromatic rings. The standard InChI is InChI=1S/C71H122O6/c1-4-7-10-13-16-19-22-25-28-30-31-32-33-34-35-36-37-38-39-41-43-46-49-52-55-58-61-64-70(73)76-67-68(66-75-69(72)63-60-57-54-51-48-45-42-27-24-21-18-15-12-9-6-3)77-71(74)65-62-59-56-53-50-47-44-40-29-26-23-20-17-14-11-8-5-2/h7,9-10,12,16,18-19,21,25,27-28,31-32,34-35,42,68H,4-6,8,11,13-15,17,20,22-24,26,29-30,33,36-41,43-67H2,1-3H3/b10-7-,12-9-,19-16-,21-18-,28-25-,32-31-,35-34-,42-27-. The third kappa shape index (κ3) is 63.0. The van der Waals surface area contributed by atoms with E-state index in [1.807, 2.05) is 0 Å². The second-order valence-electron chi connectivity index (χ2n) is 21.6. The van der Waals surface area contributed by atoms with E-state index in [0.717, 1.165) is 128 Å². The predicted octanol–water partition coefficient (Wildman–Crippen LogP) is 22.4. The molecule has 0 N–H and O–H groups in total. The van der Waals surface area contributed by atoms with Crippen molar-refractivity contribution in [3.63, 3.8) is 0 Å². The lowest BCUT2D eigenvalue weighted by molar-refractivity contribution is -0.167. The van der Waals surface area contributed by atoms with Gasteiger partial charge in [0.1, 0.15) is 13.2 Å². The highest BCUT2D eigenvalue weighted by atomic mass is 16.6. The van der Waals surface area contributed by atoms with Crippen molar-refractivity contribution in [1.82, 2.24) is 0 Å². The van der Waals surface area contributed by atoms with E-state index in [1.165, 1.54) is 148 Å². The lowest BCUT2D eigenvalue weighted by atomic mass is 10.0. The first-order chi connectivity index (χ1) is 38.0. The monoisotopic (exact) mass is 1070 g/mol. The van der Waals surface area contributed by atoms with Crippen LogP contribution in [0.2, 0.25) is 0 Å². The number of hydrogen-bond donors (Lipinski definition) is 0. The van der Waals surface area contributed by atoms with Gasteiger partial charge in [0.05, 0.1) is 0 Å². The van der Waals surface area contributed by atoms with Gasteiger partial charge in [0, 0.05) is 19.3 Å². The summed E-state index contributed by atoms with van der Waals surface area (Å²) in [4.78, 5) is 38.3. The molecule has 0 heterocycles. The highest BCUT2D eigenvalue weighted by Gasteiger charge is 2.19. The first-order valence-electron chi connectivity index (χ1n) is 32.7. The van der Waals surface area contributed by atoms with Crippen LogP contribution in [0, 0.1) is 0 Å². The summed E-state index contributed by atoms with van der Waals surface area (Å²) < 4.78 is 16.9. The van der Waals surface area contributed by atoms with E-state index in [1.54, 1.807) is 0 Å². The lowest BCUT2D eigenvalue weighted by Crippen LogP contribution is -2.30. The normalized spacial score (nSPS) is 12.7. The molecular formula is C71H122O6. The Morgan fingerprint density at radius 2 is 0.506 bits per heavy atom. The minimum atomic E-state index is -0.786. The number of esters is 3. The Hall–Kier alpha value is -3.67. The largest absolute Gasteiger partial charge is 0.462 e. The molecule has 0 aliphatic heterocycles. The average molecular weight is 1070 g/mol. The predicted molar refractivity (Wildman–Crippen MR) is 334 cm³/mol. The average Bonchev–Trinajstić information content (AvgIpc) is 3.43. The number of unbranched alkanes of at least 4 members (excludes halogenated alkanes) is 32. The molecule has 0 aromatic heterocycles. The zero-order chi connectivity index (χ0) is 55.7. The smallest absolute Gasteiger partial charge is 0.306 e. The molecule has 0 aliphatic rings. The van der Waals surface area contributed by atoms with Crippen molar-refractivity contribution in [3.05, 3.63) is 97.2 Å². The van der Waals surface area contributed by atoms with Gasteiger partial charge in [-0.25, -0.2) is 0 Å². The summed E-state index contributed by atoms with van der Waals surface area (Å²) in [6, 6.07) is 0. The Labute approximate surface area is 477 Å². The molecule has 0 spiro atoms. The van der Waals surface area contributed by atoms with Crippen molar-refractivity contribution in [3.8, 4) is 0 Å². The Morgan fingerprint density at radius 3 is 0.792 bits per heavy atom. The lowest BCUT2D eigenvalue weighted by Gasteiger charge is -2.18. The van der Waals surface area contributed by atoms with Crippen LogP contribution in [0.25, 0.3) is 0 Å². The summed E-state index contributed by atoms with van der Waals surface area (Å²) in [5.41, 5.74) is 0. The molecule has 0 aliphatic carbocycles. The minimum Gasteiger partial charge on any atom is -0.462 e. The van der Waals surface area contributed by atoms with E-state index in [0.29, 0.717) is 19.3 Å². The molecule has 0 saturated heterocycles. The van der Waals surface area contributed by atoms with E-state index >= 15 is 0 Å². The number of carbonyl (C=O) groups excluding carboxylic acids is 3. The maximum atomic E-state index is 12.9. The van der Waals surface area contributed by atoms with E-state index in [4.69, 9.17) is 14.2 Å². The molecular weight excluding hydrogens is 949 g/mol. The summed E-state index contributed by atoms with van der Waals surface area (Å²) in [6.07, 6.45) is 87.0. The van der Waals surface area contributed by atoms with Crippen molar-refractivity contribution < 1.29 is 28.6 Å². The molecule has 1 atom stereocenters. The molecule has 77 heavy (non-hydrogen) atoms. The fourth-order valence-corrected chi connectivity index (χ4v) is 9.25. The van der Waals surface area contributed by atoms with Crippen LogP contribution in [0.3, 0.4) is 0 Å². The van der Waals surface area contributed by atoms with Crippen LogP contribution < -0.4 is 0 Å². The van der Waals surface area contributed by atoms with Gasteiger partial charge in [-0.2, -0.15) is 0 Å². The molecule has 0 saturated carbocycles.